The Morgan fingerprint density at radius 3 is 2.50 bits per heavy atom. The van der Waals surface area contributed by atoms with Gasteiger partial charge in [0.05, 0.1) is 0 Å². The van der Waals surface area contributed by atoms with Crippen molar-refractivity contribution in [3.05, 3.63) is 35.9 Å². The van der Waals surface area contributed by atoms with Gasteiger partial charge in [-0.25, -0.2) is 0 Å². The van der Waals surface area contributed by atoms with E-state index < -0.39 is 0 Å². The molecule has 0 aromatic heterocycles. The van der Waals surface area contributed by atoms with Crippen LogP contribution in [0.1, 0.15) is 31.7 Å². The van der Waals surface area contributed by atoms with E-state index in [1.54, 1.807) is 0 Å². The van der Waals surface area contributed by atoms with Crippen molar-refractivity contribution in [2.24, 2.45) is 0 Å². The van der Waals surface area contributed by atoms with Crippen LogP contribution < -0.4 is 18.9 Å². The van der Waals surface area contributed by atoms with Gasteiger partial charge in [0.1, 0.15) is 0 Å². The van der Waals surface area contributed by atoms with Gasteiger partial charge < -0.3 is 0 Å². The maximum absolute atomic E-state index is 2.25. The largest absolute Gasteiger partial charge is 1.00 e. The second kappa shape index (κ2) is 7.34. The van der Waals surface area contributed by atoms with E-state index in [0.717, 1.165) is 0 Å². The van der Waals surface area contributed by atoms with Crippen molar-refractivity contribution >= 4 is 6.08 Å². The summed E-state index contributed by atoms with van der Waals surface area (Å²) < 4.78 is 0. The first kappa shape index (κ1) is 11.7. The van der Waals surface area contributed by atoms with Crippen LogP contribution in [0.15, 0.2) is 30.3 Å². The summed E-state index contributed by atoms with van der Waals surface area (Å²) in [6.45, 7) is 2.22. The molecule has 0 unspecified atom stereocenters. The minimum atomic E-state index is 0. The van der Waals surface area contributed by atoms with Crippen molar-refractivity contribution in [1.29, 1.82) is 0 Å². The minimum Gasteiger partial charge on any atom is -0.174 e. The fourth-order valence-corrected chi connectivity index (χ4v) is 1.04. The molecule has 1 aromatic rings. The van der Waals surface area contributed by atoms with Crippen LogP contribution in [0.2, 0.25) is 0 Å². The molecule has 0 aliphatic heterocycles. The van der Waals surface area contributed by atoms with Crippen LogP contribution in [0.25, 0.3) is 6.08 Å². The number of allylic oxidation sites excluding steroid dienone is 1. The smallest absolute Gasteiger partial charge is 0.174 e. The predicted octanol–water partition coefficient (Wildman–Crippen LogP) is 0.613. The van der Waals surface area contributed by atoms with E-state index in [0.29, 0.717) is 0 Å². The van der Waals surface area contributed by atoms with Gasteiger partial charge in [0, 0.05) is 0 Å². The monoisotopic (exact) mass is 154 g/mol. The van der Waals surface area contributed by atoms with Crippen molar-refractivity contribution in [3.63, 3.8) is 0 Å². The van der Waals surface area contributed by atoms with Crippen LogP contribution in [0.4, 0.5) is 0 Å². The quantitative estimate of drug-likeness (QED) is 0.339. The molecule has 1 rings (SSSR count). The Balaban J connectivity index is 0.00000121. The first-order chi connectivity index (χ1) is 5.43. The maximum Gasteiger partial charge on any atom is 1.00 e. The fraction of sp³-hybridized carbons (Fsp3) is 0.364. The number of hydrogen-bond donors (Lipinski definition) is 0. The molecule has 0 nitrogen and oxygen atoms in total. The molecule has 0 heterocycles. The summed E-state index contributed by atoms with van der Waals surface area (Å²) in [5, 5.41) is 0. The molecule has 0 N–H and O–H groups in total. The molecule has 0 amide bonds. The van der Waals surface area contributed by atoms with E-state index >= 15 is 0 Å². The molecule has 0 atom stereocenters. The molecule has 0 bridgehead atoms. The van der Waals surface area contributed by atoms with Gasteiger partial charge in [0.25, 0.3) is 0 Å². The summed E-state index contributed by atoms with van der Waals surface area (Å²) >= 11 is 0. The van der Waals surface area contributed by atoms with Crippen LogP contribution in [0.3, 0.4) is 0 Å². The zero-order valence-electron chi connectivity index (χ0n) is 8.09. The fourth-order valence-electron chi connectivity index (χ4n) is 1.04. The van der Waals surface area contributed by atoms with E-state index in [4.69, 9.17) is 0 Å². The Bertz CT molecular complexity index is 197. The molecule has 60 valence electrons. The van der Waals surface area contributed by atoms with Crippen molar-refractivity contribution in [1.82, 2.24) is 0 Å². The minimum absolute atomic E-state index is 0. The van der Waals surface area contributed by atoms with Crippen molar-refractivity contribution in [2.45, 2.75) is 26.2 Å². The van der Waals surface area contributed by atoms with Crippen LogP contribution >= 0.6 is 0 Å². The van der Waals surface area contributed by atoms with E-state index in [-0.39, 0.29) is 18.9 Å². The second-order valence-corrected chi connectivity index (χ2v) is 2.76. The summed E-state index contributed by atoms with van der Waals surface area (Å²) in [6, 6.07) is 8.39. The van der Waals surface area contributed by atoms with Crippen LogP contribution in [0, 0.1) is 0 Å². The third-order valence-corrected chi connectivity index (χ3v) is 1.72. The normalized spacial score (nSPS) is 10.1. The molecule has 0 spiro atoms. The van der Waals surface area contributed by atoms with Gasteiger partial charge in [-0.05, 0) is 0 Å². The van der Waals surface area contributed by atoms with E-state index in [9.17, 15) is 0 Å². The molecule has 0 fully saturated rings. The zero-order valence-corrected chi connectivity index (χ0v) is 8.09. The molecule has 0 saturated heterocycles. The Kier molecular flexibility index (Phi) is 7.15. The van der Waals surface area contributed by atoms with Crippen molar-refractivity contribution in [2.75, 3.05) is 0 Å². The number of rotatable bonds is 4. The van der Waals surface area contributed by atoms with Gasteiger partial charge in [-0.1, -0.05) is 26.2 Å². The van der Waals surface area contributed by atoms with Gasteiger partial charge >= 0.3 is 18.9 Å². The van der Waals surface area contributed by atoms with Gasteiger partial charge in [-0.2, -0.15) is 18.2 Å². The van der Waals surface area contributed by atoms with E-state index in [2.05, 4.69) is 43.3 Å². The molecule has 0 aliphatic carbocycles. The average molecular weight is 154 g/mol. The van der Waals surface area contributed by atoms with E-state index in [1.165, 1.54) is 24.8 Å². The molecule has 0 radical (unpaired) electrons. The number of hydrogen-bond acceptors (Lipinski definition) is 0. The molecule has 1 heteroatoms. The summed E-state index contributed by atoms with van der Waals surface area (Å²) in [6.07, 6.45) is 8.23. The van der Waals surface area contributed by atoms with Gasteiger partial charge in [-0.3, -0.25) is 0 Å². The maximum atomic E-state index is 2.25. The first-order valence-electron chi connectivity index (χ1n) is 4.31. The summed E-state index contributed by atoms with van der Waals surface area (Å²) in [4.78, 5) is 0. The molecule has 1 aromatic carbocycles. The van der Waals surface area contributed by atoms with Gasteiger partial charge in [0.15, 0.2) is 0 Å². The molecule has 0 aliphatic rings. The zero-order chi connectivity index (χ0) is 7.94. The first-order valence-corrected chi connectivity index (χ1v) is 4.31. The molecular formula is C11H15Li. The Morgan fingerprint density at radius 2 is 1.92 bits per heavy atom. The third-order valence-electron chi connectivity index (χ3n) is 1.72. The van der Waals surface area contributed by atoms with E-state index in [1.807, 2.05) is 0 Å². The molecule has 0 saturated carbocycles. The second-order valence-electron chi connectivity index (χ2n) is 2.76. The van der Waals surface area contributed by atoms with Gasteiger partial charge in [0.2, 0.25) is 0 Å². The Labute approximate surface area is 87.2 Å². The standard InChI is InChI=1S/C11H15.Li/c1-2-3-4-5-8-11-9-6-7-10-11;/h5-10H,2-4H2,1H3;/q-1;+1. The van der Waals surface area contributed by atoms with Crippen molar-refractivity contribution in [3.8, 4) is 0 Å². The third kappa shape index (κ3) is 4.54. The summed E-state index contributed by atoms with van der Waals surface area (Å²) in [5.74, 6) is 0. The van der Waals surface area contributed by atoms with Crippen molar-refractivity contribution < 1.29 is 18.9 Å². The van der Waals surface area contributed by atoms with Gasteiger partial charge in [-0.15, -0.1) is 23.8 Å². The van der Waals surface area contributed by atoms with Crippen LogP contribution in [-0.4, -0.2) is 0 Å². The summed E-state index contributed by atoms with van der Waals surface area (Å²) in [5.41, 5.74) is 1.32. The Morgan fingerprint density at radius 1 is 1.25 bits per heavy atom. The average Bonchev–Trinajstić information content (AvgIpc) is 2.50. The topological polar surface area (TPSA) is 0 Å². The number of unbranched alkanes of at least 4 members (excludes halogenated alkanes) is 2. The molecule has 12 heavy (non-hydrogen) atoms. The van der Waals surface area contributed by atoms with Crippen LogP contribution in [-0.2, 0) is 0 Å². The molecular weight excluding hydrogens is 139 g/mol. The van der Waals surface area contributed by atoms with Crippen LogP contribution in [0.5, 0.6) is 0 Å². The summed E-state index contributed by atoms with van der Waals surface area (Å²) in [7, 11) is 0. The SMILES string of the molecule is CCCCC=C[c-]1cccc1.[Li+]. The predicted molar refractivity (Wildman–Crippen MR) is 50.6 cm³/mol. The Hall–Kier alpha value is -0.313.